The summed E-state index contributed by atoms with van der Waals surface area (Å²) >= 11 is 1.81. The summed E-state index contributed by atoms with van der Waals surface area (Å²) in [5.41, 5.74) is 0. The number of aromatic nitrogens is 3. The summed E-state index contributed by atoms with van der Waals surface area (Å²) in [4.78, 5) is 0. The zero-order valence-corrected chi connectivity index (χ0v) is 13.3. The molecule has 2 aromatic heterocycles. The van der Waals surface area contributed by atoms with E-state index in [4.69, 9.17) is 9.15 Å². The average molecular weight is 307 g/mol. The molecule has 1 aliphatic rings. The third kappa shape index (κ3) is 3.16. The first-order valence-electron chi connectivity index (χ1n) is 7.51. The quantitative estimate of drug-likeness (QED) is 0.792. The fourth-order valence-electron chi connectivity index (χ4n) is 2.70. The van der Waals surface area contributed by atoms with Gasteiger partial charge in [0.05, 0.1) is 6.26 Å². The first-order valence-corrected chi connectivity index (χ1v) is 8.39. The normalized spacial score (nSPS) is 18.0. The lowest BCUT2D eigenvalue weighted by Crippen LogP contribution is -2.23. The number of rotatable bonds is 5. The lowest BCUT2D eigenvalue weighted by molar-refractivity contribution is 0.0669. The summed E-state index contributed by atoms with van der Waals surface area (Å²) in [7, 11) is 0. The Morgan fingerprint density at radius 3 is 2.86 bits per heavy atom. The van der Waals surface area contributed by atoms with Crippen LogP contribution in [0.25, 0.3) is 11.6 Å². The van der Waals surface area contributed by atoms with Crippen molar-refractivity contribution < 1.29 is 9.15 Å². The highest BCUT2D eigenvalue weighted by molar-refractivity contribution is 7.99. The third-order valence-corrected chi connectivity index (χ3v) is 5.27. The lowest BCUT2D eigenvalue weighted by atomic mass is 9.97. The second-order valence-corrected chi connectivity index (χ2v) is 6.64. The van der Waals surface area contributed by atoms with E-state index in [1.165, 1.54) is 0 Å². The van der Waals surface area contributed by atoms with Gasteiger partial charge in [0.25, 0.3) is 0 Å². The Morgan fingerprint density at radius 1 is 1.38 bits per heavy atom. The summed E-state index contributed by atoms with van der Waals surface area (Å²) in [5, 5.41) is 10.2. The molecule has 0 radical (unpaired) electrons. The number of hydrogen-bond donors (Lipinski definition) is 0. The molecule has 2 aromatic rings. The Morgan fingerprint density at radius 2 is 2.19 bits per heavy atom. The maximum atomic E-state index is 5.45. The maximum absolute atomic E-state index is 5.45. The van der Waals surface area contributed by atoms with E-state index in [9.17, 15) is 0 Å². The second-order valence-electron chi connectivity index (χ2n) is 5.30. The number of ether oxygens (including phenoxy) is 1. The molecule has 114 valence electrons. The highest BCUT2D eigenvalue weighted by Gasteiger charge is 2.24. The van der Waals surface area contributed by atoms with Gasteiger partial charge in [-0.1, -0.05) is 18.7 Å². The van der Waals surface area contributed by atoms with Crippen LogP contribution >= 0.6 is 11.8 Å². The molecular formula is C15H21N3O2S. The molecule has 0 saturated carbocycles. The van der Waals surface area contributed by atoms with Crippen LogP contribution in [0.2, 0.25) is 0 Å². The molecule has 1 atom stereocenters. The predicted octanol–water partition coefficient (Wildman–Crippen LogP) is 3.47. The molecule has 21 heavy (non-hydrogen) atoms. The summed E-state index contributed by atoms with van der Waals surface area (Å²) < 4.78 is 13.0. The molecule has 0 aromatic carbocycles. The van der Waals surface area contributed by atoms with E-state index in [0.29, 0.717) is 11.2 Å². The van der Waals surface area contributed by atoms with Gasteiger partial charge in [0, 0.05) is 25.0 Å². The van der Waals surface area contributed by atoms with Crippen molar-refractivity contribution in [3.05, 3.63) is 18.4 Å². The monoisotopic (exact) mass is 307 g/mol. The van der Waals surface area contributed by atoms with Crippen molar-refractivity contribution >= 4 is 11.8 Å². The minimum atomic E-state index is 0.521. The van der Waals surface area contributed by atoms with Crippen LogP contribution in [0.15, 0.2) is 28.0 Å². The van der Waals surface area contributed by atoms with E-state index >= 15 is 0 Å². The molecular weight excluding hydrogens is 286 g/mol. The van der Waals surface area contributed by atoms with E-state index in [-0.39, 0.29) is 0 Å². The second kappa shape index (κ2) is 6.66. The van der Waals surface area contributed by atoms with Gasteiger partial charge >= 0.3 is 0 Å². The van der Waals surface area contributed by atoms with Crippen molar-refractivity contribution in [2.45, 2.75) is 43.6 Å². The van der Waals surface area contributed by atoms with Gasteiger partial charge in [-0.15, -0.1) is 10.2 Å². The van der Waals surface area contributed by atoms with Crippen molar-refractivity contribution in [2.24, 2.45) is 5.92 Å². The van der Waals surface area contributed by atoms with Gasteiger partial charge in [0.2, 0.25) is 0 Å². The Hall–Kier alpha value is -1.27. The van der Waals surface area contributed by atoms with Crippen molar-refractivity contribution in [3.8, 4) is 11.6 Å². The van der Waals surface area contributed by atoms with Crippen molar-refractivity contribution in [1.29, 1.82) is 0 Å². The topological polar surface area (TPSA) is 53.1 Å². The van der Waals surface area contributed by atoms with Gasteiger partial charge in [-0.2, -0.15) is 0 Å². The molecule has 1 aliphatic heterocycles. The molecule has 0 unspecified atom stereocenters. The summed E-state index contributed by atoms with van der Waals surface area (Å²) in [5.74, 6) is 2.27. The predicted molar refractivity (Wildman–Crippen MR) is 82.3 cm³/mol. The molecule has 3 rings (SSSR count). The SMILES string of the molecule is CCn1c(S[C@H](C)C2CCOCC2)nnc1-c1ccco1. The molecule has 1 fully saturated rings. The molecule has 5 nitrogen and oxygen atoms in total. The largest absolute Gasteiger partial charge is 0.461 e. The highest BCUT2D eigenvalue weighted by atomic mass is 32.2. The Bertz CT molecular complexity index is 561. The van der Waals surface area contributed by atoms with Crippen LogP contribution in [0.3, 0.4) is 0 Å². The van der Waals surface area contributed by atoms with Crippen LogP contribution in [0.4, 0.5) is 0 Å². The van der Waals surface area contributed by atoms with Crippen LogP contribution in [0, 0.1) is 5.92 Å². The average Bonchev–Trinajstić information content (AvgIpc) is 3.16. The first kappa shape index (κ1) is 14.7. The number of hydrogen-bond acceptors (Lipinski definition) is 5. The molecule has 1 saturated heterocycles. The molecule has 3 heterocycles. The fourth-order valence-corrected chi connectivity index (χ4v) is 3.92. The van der Waals surface area contributed by atoms with Crippen LogP contribution in [-0.4, -0.2) is 33.2 Å². The standard InChI is InChI=1S/C15H21N3O2S/c1-3-18-14(13-5-4-8-20-13)16-17-15(18)21-11(2)12-6-9-19-10-7-12/h4-5,8,11-12H,3,6-7,9-10H2,1-2H3/t11-/m1/s1. The molecule has 0 aliphatic carbocycles. The highest BCUT2D eigenvalue weighted by Crippen LogP contribution is 2.33. The maximum Gasteiger partial charge on any atom is 0.200 e. The summed E-state index contributed by atoms with van der Waals surface area (Å²) in [6.45, 7) is 6.99. The van der Waals surface area contributed by atoms with Crippen molar-refractivity contribution in [3.63, 3.8) is 0 Å². The van der Waals surface area contributed by atoms with Gasteiger partial charge in [-0.25, -0.2) is 0 Å². The Kier molecular flexibility index (Phi) is 4.65. The van der Waals surface area contributed by atoms with Crippen molar-refractivity contribution in [2.75, 3.05) is 13.2 Å². The smallest absolute Gasteiger partial charge is 0.200 e. The number of thioether (sulfide) groups is 1. The minimum absolute atomic E-state index is 0.521. The van der Waals surface area contributed by atoms with Gasteiger partial charge in [0.15, 0.2) is 16.7 Å². The molecule has 6 heteroatoms. The van der Waals surface area contributed by atoms with Crippen LogP contribution in [0.1, 0.15) is 26.7 Å². The van der Waals surface area contributed by atoms with Crippen molar-refractivity contribution in [1.82, 2.24) is 14.8 Å². The number of furan rings is 1. The molecule has 0 bridgehead atoms. The molecule has 0 N–H and O–H groups in total. The van der Waals surface area contributed by atoms with E-state index in [1.54, 1.807) is 6.26 Å². The van der Waals surface area contributed by atoms with Gasteiger partial charge in [0.1, 0.15) is 0 Å². The van der Waals surface area contributed by atoms with Crippen LogP contribution in [-0.2, 0) is 11.3 Å². The Balaban J connectivity index is 1.76. The lowest BCUT2D eigenvalue weighted by Gasteiger charge is -2.26. The first-order chi connectivity index (χ1) is 10.3. The number of nitrogens with zero attached hydrogens (tertiary/aromatic N) is 3. The van der Waals surface area contributed by atoms with E-state index in [2.05, 4.69) is 28.6 Å². The van der Waals surface area contributed by atoms with E-state index in [1.807, 2.05) is 23.9 Å². The van der Waals surface area contributed by atoms with Gasteiger partial charge < -0.3 is 9.15 Å². The van der Waals surface area contributed by atoms with E-state index in [0.717, 1.165) is 49.3 Å². The van der Waals surface area contributed by atoms with Gasteiger partial charge in [-0.05, 0) is 37.8 Å². The van der Waals surface area contributed by atoms with Gasteiger partial charge in [-0.3, -0.25) is 4.57 Å². The fraction of sp³-hybridized carbons (Fsp3) is 0.600. The zero-order valence-electron chi connectivity index (χ0n) is 12.5. The van der Waals surface area contributed by atoms with Crippen LogP contribution in [0.5, 0.6) is 0 Å². The molecule has 0 amide bonds. The third-order valence-electron chi connectivity index (χ3n) is 4.00. The Labute approximate surface area is 129 Å². The van der Waals surface area contributed by atoms with E-state index < -0.39 is 0 Å². The molecule has 0 spiro atoms. The van der Waals surface area contributed by atoms with Crippen LogP contribution < -0.4 is 0 Å². The summed E-state index contributed by atoms with van der Waals surface area (Å²) in [6.07, 6.45) is 3.94. The zero-order chi connectivity index (χ0) is 14.7. The minimum Gasteiger partial charge on any atom is -0.461 e. The summed E-state index contributed by atoms with van der Waals surface area (Å²) in [6, 6.07) is 3.80.